The predicted octanol–water partition coefficient (Wildman–Crippen LogP) is 4.46. The Labute approximate surface area is 112 Å². The Hall–Kier alpha value is -0.320. The molecule has 0 bridgehead atoms. The van der Waals surface area contributed by atoms with E-state index in [-0.39, 0.29) is 0 Å². The van der Waals surface area contributed by atoms with Crippen molar-refractivity contribution in [3.8, 4) is 0 Å². The van der Waals surface area contributed by atoms with E-state index in [4.69, 9.17) is 4.42 Å². The first kappa shape index (κ1) is 12.1. The van der Waals surface area contributed by atoms with Crippen LogP contribution in [0.1, 0.15) is 18.9 Å². The van der Waals surface area contributed by atoms with Gasteiger partial charge >= 0.3 is 0 Å². The van der Waals surface area contributed by atoms with Crippen LogP contribution in [0.5, 0.6) is 0 Å². The van der Waals surface area contributed by atoms with Gasteiger partial charge in [0.1, 0.15) is 5.58 Å². The molecule has 16 heavy (non-hydrogen) atoms. The quantitative estimate of drug-likeness (QED) is 0.827. The van der Waals surface area contributed by atoms with Gasteiger partial charge in [-0.15, -0.1) is 0 Å². The number of nitrogens with one attached hydrogen (secondary N) is 1. The smallest absolute Gasteiger partial charge is 0.148 e. The van der Waals surface area contributed by atoms with Crippen molar-refractivity contribution < 1.29 is 4.42 Å². The first-order chi connectivity index (χ1) is 7.72. The number of halogens is 2. The van der Waals surface area contributed by atoms with Crippen molar-refractivity contribution in [3.63, 3.8) is 0 Å². The fourth-order valence-corrected chi connectivity index (χ4v) is 2.97. The number of furan rings is 1. The van der Waals surface area contributed by atoms with Gasteiger partial charge in [0.15, 0.2) is 0 Å². The number of fused-ring (bicyclic) bond motifs is 1. The molecule has 0 aliphatic carbocycles. The van der Waals surface area contributed by atoms with Gasteiger partial charge in [0, 0.05) is 22.0 Å². The van der Waals surface area contributed by atoms with Crippen LogP contribution in [0.3, 0.4) is 0 Å². The number of rotatable bonds is 4. The molecule has 0 aliphatic heterocycles. The van der Waals surface area contributed by atoms with E-state index in [9.17, 15) is 0 Å². The average Bonchev–Trinajstić information content (AvgIpc) is 2.62. The minimum absolute atomic E-state index is 0.851. The van der Waals surface area contributed by atoms with Crippen LogP contribution in [-0.4, -0.2) is 6.54 Å². The van der Waals surface area contributed by atoms with Gasteiger partial charge in [0.2, 0.25) is 0 Å². The highest BCUT2D eigenvalue weighted by Crippen LogP contribution is 2.31. The monoisotopic (exact) mass is 345 g/mol. The van der Waals surface area contributed by atoms with Crippen molar-refractivity contribution in [1.82, 2.24) is 5.32 Å². The lowest BCUT2D eigenvalue weighted by molar-refractivity contribution is 0.599. The minimum Gasteiger partial charge on any atom is -0.463 e. The molecule has 0 unspecified atom stereocenters. The van der Waals surface area contributed by atoms with Gasteiger partial charge in [-0.2, -0.15) is 0 Å². The Morgan fingerprint density at radius 2 is 2.12 bits per heavy atom. The fourth-order valence-electron chi connectivity index (χ4n) is 1.65. The molecule has 86 valence electrons. The van der Waals surface area contributed by atoms with Gasteiger partial charge < -0.3 is 9.73 Å². The lowest BCUT2D eigenvalue weighted by Crippen LogP contribution is -2.13. The lowest BCUT2D eigenvalue weighted by atomic mass is 10.2. The molecule has 4 heteroatoms. The molecule has 1 aromatic heterocycles. The first-order valence-corrected chi connectivity index (χ1v) is 6.86. The zero-order valence-corrected chi connectivity index (χ0v) is 12.2. The van der Waals surface area contributed by atoms with Gasteiger partial charge in [-0.3, -0.25) is 0 Å². The average molecular weight is 347 g/mol. The molecule has 0 amide bonds. The molecule has 1 heterocycles. The van der Waals surface area contributed by atoms with Crippen LogP contribution in [0.15, 0.2) is 31.8 Å². The van der Waals surface area contributed by atoms with Crippen LogP contribution in [0, 0.1) is 0 Å². The van der Waals surface area contributed by atoms with Gasteiger partial charge in [-0.1, -0.05) is 22.9 Å². The molecule has 0 aliphatic rings. The molecular formula is C12H13Br2NO. The summed E-state index contributed by atoms with van der Waals surface area (Å²) < 4.78 is 7.60. The largest absolute Gasteiger partial charge is 0.463 e. The second kappa shape index (κ2) is 5.34. The molecule has 1 aromatic carbocycles. The Kier molecular flexibility index (Phi) is 4.05. The van der Waals surface area contributed by atoms with Crippen LogP contribution in [0.2, 0.25) is 0 Å². The van der Waals surface area contributed by atoms with Crippen LogP contribution in [-0.2, 0) is 6.54 Å². The predicted molar refractivity (Wildman–Crippen MR) is 73.6 cm³/mol. The summed E-state index contributed by atoms with van der Waals surface area (Å²) in [6.07, 6.45) is 2.97. The maximum atomic E-state index is 5.56. The van der Waals surface area contributed by atoms with Crippen molar-refractivity contribution in [2.75, 3.05) is 6.54 Å². The zero-order chi connectivity index (χ0) is 11.5. The zero-order valence-electron chi connectivity index (χ0n) is 9.02. The Balaban J connectivity index is 2.32. The molecule has 0 saturated carbocycles. The summed E-state index contributed by atoms with van der Waals surface area (Å²) >= 11 is 6.99. The van der Waals surface area contributed by atoms with E-state index < -0.39 is 0 Å². The minimum atomic E-state index is 0.851. The lowest BCUT2D eigenvalue weighted by Gasteiger charge is -2.01. The third-order valence-corrected chi connectivity index (χ3v) is 3.46. The Morgan fingerprint density at radius 3 is 2.88 bits per heavy atom. The second-order valence-electron chi connectivity index (χ2n) is 3.70. The Bertz CT molecular complexity index is 493. The van der Waals surface area contributed by atoms with Crippen molar-refractivity contribution in [3.05, 3.63) is 32.9 Å². The molecule has 0 atom stereocenters. The van der Waals surface area contributed by atoms with Crippen LogP contribution >= 0.6 is 31.9 Å². The maximum absolute atomic E-state index is 5.56. The molecule has 1 N–H and O–H groups in total. The second-order valence-corrected chi connectivity index (χ2v) is 5.47. The van der Waals surface area contributed by atoms with Crippen LogP contribution in [0.4, 0.5) is 0 Å². The topological polar surface area (TPSA) is 25.2 Å². The van der Waals surface area contributed by atoms with Crippen molar-refractivity contribution in [2.45, 2.75) is 19.9 Å². The number of hydrogen-bond donors (Lipinski definition) is 1. The SMILES string of the molecule is CCCNCc1coc2c(Br)cc(Br)cc12. The summed E-state index contributed by atoms with van der Waals surface area (Å²) in [5, 5.41) is 4.54. The molecule has 0 radical (unpaired) electrons. The van der Waals surface area contributed by atoms with E-state index in [2.05, 4.69) is 50.2 Å². The van der Waals surface area contributed by atoms with Crippen molar-refractivity contribution in [1.29, 1.82) is 0 Å². The van der Waals surface area contributed by atoms with Crippen molar-refractivity contribution in [2.24, 2.45) is 0 Å². The van der Waals surface area contributed by atoms with Gasteiger partial charge in [0.05, 0.1) is 10.7 Å². The van der Waals surface area contributed by atoms with E-state index >= 15 is 0 Å². The van der Waals surface area contributed by atoms with Crippen LogP contribution < -0.4 is 5.32 Å². The third-order valence-electron chi connectivity index (χ3n) is 2.42. The van der Waals surface area contributed by atoms with Gasteiger partial charge in [-0.25, -0.2) is 0 Å². The molecule has 2 nitrogen and oxygen atoms in total. The summed E-state index contributed by atoms with van der Waals surface area (Å²) in [5.41, 5.74) is 2.11. The first-order valence-electron chi connectivity index (χ1n) is 5.28. The van der Waals surface area contributed by atoms with Crippen LogP contribution in [0.25, 0.3) is 11.0 Å². The van der Waals surface area contributed by atoms with E-state index in [1.165, 1.54) is 5.56 Å². The highest BCUT2D eigenvalue weighted by Gasteiger charge is 2.09. The normalized spacial score (nSPS) is 11.2. The maximum Gasteiger partial charge on any atom is 0.148 e. The number of benzene rings is 1. The Morgan fingerprint density at radius 1 is 1.31 bits per heavy atom. The van der Waals surface area contributed by atoms with E-state index in [0.717, 1.165) is 39.4 Å². The summed E-state index contributed by atoms with van der Waals surface area (Å²) in [5.74, 6) is 0. The summed E-state index contributed by atoms with van der Waals surface area (Å²) in [4.78, 5) is 0. The van der Waals surface area contributed by atoms with E-state index in [1.54, 1.807) is 0 Å². The summed E-state index contributed by atoms with van der Waals surface area (Å²) in [6.45, 7) is 4.04. The van der Waals surface area contributed by atoms with Crippen molar-refractivity contribution >= 4 is 42.8 Å². The van der Waals surface area contributed by atoms with Gasteiger partial charge in [-0.05, 0) is 41.0 Å². The highest BCUT2D eigenvalue weighted by atomic mass is 79.9. The van der Waals surface area contributed by atoms with E-state index in [0.29, 0.717) is 0 Å². The van der Waals surface area contributed by atoms with Gasteiger partial charge in [0.25, 0.3) is 0 Å². The molecular weight excluding hydrogens is 334 g/mol. The fraction of sp³-hybridized carbons (Fsp3) is 0.333. The summed E-state index contributed by atoms with van der Waals surface area (Å²) in [7, 11) is 0. The molecule has 0 saturated heterocycles. The standard InChI is InChI=1S/C12H13Br2NO/c1-2-3-15-6-8-7-16-12-10(8)4-9(13)5-11(12)14/h4-5,7,15H,2-3,6H2,1H3. The molecule has 0 spiro atoms. The van der Waals surface area contributed by atoms with E-state index in [1.807, 2.05) is 12.3 Å². The summed E-state index contributed by atoms with van der Waals surface area (Å²) in [6, 6.07) is 4.08. The molecule has 2 aromatic rings. The highest BCUT2D eigenvalue weighted by molar-refractivity contribution is 9.11. The molecule has 2 rings (SSSR count). The molecule has 0 fully saturated rings. The number of hydrogen-bond acceptors (Lipinski definition) is 2. The third kappa shape index (κ3) is 2.50.